The van der Waals surface area contributed by atoms with Crippen LogP contribution in [0.1, 0.15) is 13.8 Å². The molecule has 4 nitrogen and oxygen atoms in total. The van der Waals surface area contributed by atoms with Gasteiger partial charge >= 0.3 is 5.69 Å². The van der Waals surface area contributed by atoms with Crippen LogP contribution < -0.4 is 11.2 Å². The number of rotatable bonds is 2. The second-order valence-corrected chi connectivity index (χ2v) is 4.29. The number of para-hydroxylation sites is 1. The van der Waals surface area contributed by atoms with Gasteiger partial charge in [-0.05, 0) is 18.1 Å². The van der Waals surface area contributed by atoms with Gasteiger partial charge in [0.15, 0.2) is 0 Å². The molecule has 4 heteroatoms. The summed E-state index contributed by atoms with van der Waals surface area (Å²) in [6.45, 7) is 4.39. The topological polar surface area (TPSA) is 54.9 Å². The Balaban J connectivity index is 2.76. The molecule has 0 fully saturated rings. The fraction of sp³-hybridized carbons (Fsp3) is 0.333. The van der Waals surface area contributed by atoms with Crippen LogP contribution in [0.4, 0.5) is 0 Å². The van der Waals surface area contributed by atoms with Crippen molar-refractivity contribution in [2.45, 2.75) is 20.4 Å². The zero-order valence-electron chi connectivity index (χ0n) is 9.36. The Bertz CT molecular complexity index is 623. The van der Waals surface area contributed by atoms with Crippen molar-refractivity contribution in [3.63, 3.8) is 0 Å². The van der Waals surface area contributed by atoms with Crippen LogP contribution in [0.5, 0.6) is 0 Å². The number of benzene rings is 1. The number of nitrogens with zero attached hydrogens (tertiary/aromatic N) is 1. The highest BCUT2D eigenvalue weighted by Crippen LogP contribution is 2.03. The van der Waals surface area contributed by atoms with E-state index in [2.05, 4.69) is 4.98 Å². The molecule has 1 heterocycles. The van der Waals surface area contributed by atoms with Crippen LogP contribution in [-0.2, 0) is 6.54 Å². The Morgan fingerprint density at radius 1 is 1.25 bits per heavy atom. The largest absolute Gasteiger partial charge is 0.328 e. The number of fused-ring (bicyclic) bond motifs is 1. The van der Waals surface area contributed by atoms with Gasteiger partial charge in [-0.15, -0.1) is 0 Å². The smallest absolute Gasteiger partial charge is 0.307 e. The quantitative estimate of drug-likeness (QED) is 0.827. The van der Waals surface area contributed by atoms with Gasteiger partial charge in [-0.1, -0.05) is 26.0 Å². The fourth-order valence-corrected chi connectivity index (χ4v) is 1.73. The zero-order chi connectivity index (χ0) is 11.7. The predicted octanol–water partition coefficient (Wildman–Crippen LogP) is 1.35. The van der Waals surface area contributed by atoms with Gasteiger partial charge in [-0.3, -0.25) is 9.36 Å². The number of hydrogen-bond donors (Lipinski definition) is 1. The zero-order valence-corrected chi connectivity index (χ0v) is 9.36. The first-order valence-corrected chi connectivity index (χ1v) is 5.31. The summed E-state index contributed by atoms with van der Waals surface area (Å²) < 4.78 is 1.26. The number of nitrogens with one attached hydrogen (secondary N) is 1. The predicted molar refractivity (Wildman–Crippen MR) is 63.7 cm³/mol. The van der Waals surface area contributed by atoms with Crippen LogP contribution >= 0.6 is 0 Å². The van der Waals surface area contributed by atoms with Crippen molar-refractivity contribution >= 4 is 10.9 Å². The van der Waals surface area contributed by atoms with Gasteiger partial charge in [0, 0.05) is 6.54 Å². The summed E-state index contributed by atoms with van der Waals surface area (Å²) in [5.74, 6) is 0.264. The molecule has 0 atom stereocenters. The number of H-pyrrole nitrogens is 1. The number of aromatic nitrogens is 2. The van der Waals surface area contributed by atoms with E-state index in [0.29, 0.717) is 17.4 Å². The van der Waals surface area contributed by atoms with Crippen molar-refractivity contribution in [2.24, 2.45) is 5.92 Å². The fourth-order valence-electron chi connectivity index (χ4n) is 1.73. The van der Waals surface area contributed by atoms with Crippen molar-refractivity contribution in [3.05, 3.63) is 45.1 Å². The molecule has 0 aliphatic rings. The summed E-state index contributed by atoms with van der Waals surface area (Å²) in [6.07, 6.45) is 0. The molecule has 0 aliphatic heterocycles. The minimum Gasteiger partial charge on any atom is -0.307 e. The Labute approximate surface area is 92.5 Å². The van der Waals surface area contributed by atoms with E-state index in [1.807, 2.05) is 13.8 Å². The summed E-state index contributed by atoms with van der Waals surface area (Å²) in [6, 6.07) is 7.05. The van der Waals surface area contributed by atoms with Crippen molar-refractivity contribution < 1.29 is 0 Å². The lowest BCUT2D eigenvalue weighted by molar-refractivity contribution is 0.496. The summed E-state index contributed by atoms with van der Waals surface area (Å²) in [5, 5.41) is 0.558. The minimum absolute atomic E-state index is 0.215. The van der Waals surface area contributed by atoms with Gasteiger partial charge in [0.1, 0.15) is 0 Å². The van der Waals surface area contributed by atoms with Crippen LogP contribution in [0, 0.1) is 5.92 Å². The molecule has 0 amide bonds. The molecule has 0 bridgehead atoms. The average molecular weight is 218 g/mol. The summed E-state index contributed by atoms with van der Waals surface area (Å²) in [7, 11) is 0. The van der Waals surface area contributed by atoms with Crippen molar-refractivity contribution in [1.29, 1.82) is 0 Å². The second-order valence-electron chi connectivity index (χ2n) is 4.29. The van der Waals surface area contributed by atoms with Gasteiger partial charge in [-0.2, -0.15) is 0 Å². The molecule has 0 radical (unpaired) electrons. The van der Waals surface area contributed by atoms with E-state index in [1.54, 1.807) is 24.3 Å². The van der Waals surface area contributed by atoms with E-state index >= 15 is 0 Å². The normalized spacial score (nSPS) is 11.2. The molecule has 0 aliphatic carbocycles. The number of hydrogen-bond acceptors (Lipinski definition) is 2. The lowest BCUT2D eigenvalue weighted by Gasteiger charge is -2.08. The Hall–Kier alpha value is -1.84. The Kier molecular flexibility index (Phi) is 2.64. The molecule has 2 aromatic rings. The van der Waals surface area contributed by atoms with Crippen LogP contribution in [-0.4, -0.2) is 9.55 Å². The molecule has 0 spiro atoms. The molecular formula is C12H14N2O2. The van der Waals surface area contributed by atoms with Gasteiger partial charge < -0.3 is 4.98 Å². The van der Waals surface area contributed by atoms with E-state index in [9.17, 15) is 9.59 Å². The summed E-state index contributed by atoms with van der Waals surface area (Å²) >= 11 is 0. The van der Waals surface area contributed by atoms with Crippen LogP contribution in [0.3, 0.4) is 0 Å². The Morgan fingerprint density at radius 2 is 1.94 bits per heavy atom. The van der Waals surface area contributed by atoms with E-state index in [4.69, 9.17) is 0 Å². The molecule has 1 aromatic carbocycles. The Morgan fingerprint density at radius 3 is 2.62 bits per heavy atom. The molecule has 2 rings (SSSR count). The maximum atomic E-state index is 12.0. The third-order valence-corrected chi connectivity index (χ3v) is 2.44. The first-order chi connectivity index (χ1) is 7.59. The van der Waals surface area contributed by atoms with E-state index < -0.39 is 0 Å². The molecule has 1 N–H and O–H groups in total. The van der Waals surface area contributed by atoms with E-state index in [0.717, 1.165) is 0 Å². The first-order valence-electron chi connectivity index (χ1n) is 5.31. The third kappa shape index (κ3) is 1.78. The molecule has 1 aromatic heterocycles. The van der Waals surface area contributed by atoms with Crippen molar-refractivity contribution in [3.8, 4) is 0 Å². The SMILES string of the molecule is CC(C)Cn1c(=O)[nH]c2ccccc2c1=O. The van der Waals surface area contributed by atoms with Crippen LogP contribution in [0.15, 0.2) is 33.9 Å². The van der Waals surface area contributed by atoms with E-state index in [1.165, 1.54) is 4.57 Å². The maximum absolute atomic E-state index is 12.0. The van der Waals surface area contributed by atoms with Gasteiger partial charge in [-0.25, -0.2) is 4.79 Å². The third-order valence-electron chi connectivity index (χ3n) is 2.44. The highest BCUT2D eigenvalue weighted by atomic mass is 16.2. The monoisotopic (exact) mass is 218 g/mol. The molecular weight excluding hydrogens is 204 g/mol. The molecule has 16 heavy (non-hydrogen) atoms. The lowest BCUT2D eigenvalue weighted by Crippen LogP contribution is -2.36. The highest BCUT2D eigenvalue weighted by molar-refractivity contribution is 5.76. The van der Waals surface area contributed by atoms with Gasteiger partial charge in [0.05, 0.1) is 10.9 Å². The van der Waals surface area contributed by atoms with Crippen molar-refractivity contribution in [1.82, 2.24) is 9.55 Å². The van der Waals surface area contributed by atoms with Gasteiger partial charge in [0.2, 0.25) is 0 Å². The highest BCUT2D eigenvalue weighted by Gasteiger charge is 2.07. The second kappa shape index (κ2) is 3.96. The summed E-state index contributed by atoms with van der Waals surface area (Å²) in [5.41, 5.74) is 0.0444. The summed E-state index contributed by atoms with van der Waals surface area (Å²) in [4.78, 5) is 26.4. The molecule has 0 unspecified atom stereocenters. The minimum atomic E-state index is -0.336. The van der Waals surface area contributed by atoms with Crippen LogP contribution in [0.2, 0.25) is 0 Å². The molecule has 0 saturated heterocycles. The van der Waals surface area contributed by atoms with Gasteiger partial charge in [0.25, 0.3) is 5.56 Å². The van der Waals surface area contributed by atoms with Crippen molar-refractivity contribution in [2.75, 3.05) is 0 Å². The van der Waals surface area contributed by atoms with Crippen LogP contribution in [0.25, 0.3) is 10.9 Å². The van der Waals surface area contributed by atoms with E-state index in [-0.39, 0.29) is 17.2 Å². The first kappa shape index (κ1) is 10.7. The average Bonchev–Trinajstić information content (AvgIpc) is 2.24. The maximum Gasteiger partial charge on any atom is 0.328 e. The standard InChI is InChI=1S/C12H14N2O2/c1-8(2)7-14-11(15)9-5-3-4-6-10(9)13-12(14)16/h3-6,8H,7H2,1-2H3,(H,13,16). The molecule has 0 saturated carbocycles. The lowest BCUT2D eigenvalue weighted by atomic mass is 10.2. The number of aromatic amines is 1. The molecule has 84 valence electrons.